The summed E-state index contributed by atoms with van der Waals surface area (Å²) in [5, 5.41) is 5.43. The molecule has 148 valence electrons. The Balaban J connectivity index is 1.77. The molecule has 2 amide bonds. The SMILES string of the molecule is COc1ccccc1C(=O)NCC(=O)O[C@H](C)C(=O)NC1CCCCCC1. The summed E-state index contributed by atoms with van der Waals surface area (Å²) < 4.78 is 10.3. The topological polar surface area (TPSA) is 93.7 Å². The van der Waals surface area contributed by atoms with Crippen molar-refractivity contribution in [3.63, 3.8) is 0 Å². The second kappa shape index (κ2) is 10.5. The molecule has 0 aliphatic heterocycles. The van der Waals surface area contributed by atoms with Gasteiger partial charge in [0.2, 0.25) is 0 Å². The Morgan fingerprint density at radius 1 is 1.11 bits per heavy atom. The van der Waals surface area contributed by atoms with Gasteiger partial charge in [-0.25, -0.2) is 0 Å². The molecular formula is C20H28N2O5. The van der Waals surface area contributed by atoms with Crippen LogP contribution in [0.5, 0.6) is 5.75 Å². The second-order valence-electron chi connectivity index (χ2n) is 6.71. The first-order chi connectivity index (χ1) is 13.0. The minimum Gasteiger partial charge on any atom is -0.496 e. The van der Waals surface area contributed by atoms with E-state index in [2.05, 4.69) is 10.6 Å². The van der Waals surface area contributed by atoms with E-state index in [9.17, 15) is 14.4 Å². The molecule has 2 rings (SSSR count). The Kier molecular flexibility index (Phi) is 8.10. The van der Waals surface area contributed by atoms with Crippen molar-refractivity contribution >= 4 is 17.8 Å². The van der Waals surface area contributed by atoms with Gasteiger partial charge in [0.1, 0.15) is 12.3 Å². The van der Waals surface area contributed by atoms with Crippen LogP contribution in [0.25, 0.3) is 0 Å². The van der Waals surface area contributed by atoms with Gasteiger partial charge in [-0.15, -0.1) is 0 Å². The Labute approximate surface area is 159 Å². The van der Waals surface area contributed by atoms with E-state index in [0.717, 1.165) is 25.7 Å². The van der Waals surface area contributed by atoms with Gasteiger partial charge in [0, 0.05) is 6.04 Å². The molecule has 1 aromatic rings. The average molecular weight is 376 g/mol. The van der Waals surface area contributed by atoms with Gasteiger partial charge in [-0.1, -0.05) is 37.8 Å². The van der Waals surface area contributed by atoms with Gasteiger partial charge >= 0.3 is 5.97 Å². The lowest BCUT2D eigenvalue weighted by Crippen LogP contribution is -2.43. The molecule has 27 heavy (non-hydrogen) atoms. The molecule has 7 heteroatoms. The zero-order chi connectivity index (χ0) is 19.6. The normalized spacial score (nSPS) is 15.9. The number of carbonyl (C=O) groups excluding carboxylic acids is 3. The van der Waals surface area contributed by atoms with Crippen LogP contribution in [0, 0.1) is 0 Å². The first-order valence-electron chi connectivity index (χ1n) is 9.42. The zero-order valence-electron chi connectivity index (χ0n) is 16.0. The summed E-state index contributed by atoms with van der Waals surface area (Å²) in [7, 11) is 1.47. The van der Waals surface area contributed by atoms with Gasteiger partial charge < -0.3 is 20.1 Å². The summed E-state index contributed by atoms with van der Waals surface area (Å²) in [5.74, 6) is -0.993. The largest absolute Gasteiger partial charge is 0.496 e. The van der Waals surface area contributed by atoms with Gasteiger partial charge in [0.25, 0.3) is 11.8 Å². The number of para-hydroxylation sites is 1. The van der Waals surface area contributed by atoms with E-state index >= 15 is 0 Å². The molecule has 0 saturated heterocycles. The third-order valence-corrected chi connectivity index (χ3v) is 4.62. The van der Waals surface area contributed by atoms with E-state index < -0.39 is 18.0 Å². The highest BCUT2D eigenvalue weighted by Gasteiger charge is 2.22. The van der Waals surface area contributed by atoms with Crippen LogP contribution < -0.4 is 15.4 Å². The molecule has 1 atom stereocenters. The summed E-state index contributed by atoms with van der Waals surface area (Å²) in [5.41, 5.74) is 0.326. The fourth-order valence-corrected chi connectivity index (χ4v) is 3.11. The van der Waals surface area contributed by atoms with Crippen LogP contribution in [-0.4, -0.2) is 43.6 Å². The lowest BCUT2D eigenvalue weighted by atomic mass is 10.1. The molecule has 0 aromatic heterocycles. The predicted octanol–water partition coefficient (Wildman–Crippen LogP) is 2.20. The maximum absolute atomic E-state index is 12.2. The molecule has 1 aromatic carbocycles. The van der Waals surface area contributed by atoms with Crippen LogP contribution >= 0.6 is 0 Å². The maximum atomic E-state index is 12.2. The molecule has 0 unspecified atom stereocenters. The smallest absolute Gasteiger partial charge is 0.326 e. The summed E-state index contributed by atoms with van der Waals surface area (Å²) in [6, 6.07) is 6.86. The highest BCUT2D eigenvalue weighted by Crippen LogP contribution is 2.18. The number of ether oxygens (including phenoxy) is 2. The lowest BCUT2D eigenvalue weighted by Gasteiger charge is -2.19. The number of nitrogens with one attached hydrogen (secondary N) is 2. The average Bonchev–Trinajstić information content (AvgIpc) is 2.94. The molecule has 0 radical (unpaired) electrons. The van der Waals surface area contributed by atoms with Crippen LogP contribution in [-0.2, 0) is 14.3 Å². The van der Waals surface area contributed by atoms with Crippen molar-refractivity contribution in [3.05, 3.63) is 29.8 Å². The fraction of sp³-hybridized carbons (Fsp3) is 0.550. The third-order valence-electron chi connectivity index (χ3n) is 4.62. The van der Waals surface area contributed by atoms with Crippen LogP contribution in [0.15, 0.2) is 24.3 Å². The van der Waals surface area contributed by atoms with E-state index in [1.807, 2.05) is 0 Å². The minimum atomic E-state index is -0.899. The quantitative estimate of drug-likeness (QED) is 0.562. The molecule has 2 N–H and O–H groups in total. The highest BCUT2D eigenvalue weighted by molar-refractivity contribution is 5.98. The Hall–Kier alpha value is -2.57. The van der Waals surface area contributed by atoms with E-state index in [1.54, 1.807) is 24.3 Å². The number of hydrogen-bond acceptors (Lipinski definition) is 5. The maximum Gasteiger partial charge on any atom is 0.326 e. The van der Waals surface area contributed by atoms with E-state index in [4.69, 9.17) is 9.47 Å². The van der Waals surface area contributed by atoms with Gasteiger partial charge in [-0.3, -0.25) is 14.4 Å². The molecule has 1 fully saturated rings. The van der Waals surface area contributed by atoms with Gasteiger partial charge in [-0.05, 0) is 31.9 Å². The Bertz CT molecular complexity index is 654. The highest BCUT2D eigenvalue weighted by atomic mass is 16.5. The van der Waals surface area contributed by atoms with Gasteiger partial charge in [-0.2, -0.15) is 0 Å². The third kappa shape index (κ3) is 6.58. The molecule has 0 spiro atoms. The number of esters is 1. The van der Waals surface area contributed by atoms with Crippen molar-refractivity contribution in [2.45, 2.75) is 57.6 Å². The number of amides is 2. The number of benzene rings is 1. The van der Waals surface area contributed by atoms with Crippen molar-refractivity contribution in [1.29, 1.82) is 0 Å². The summed E-state index contributed by atoms with van der Waals surface area (Å²) in [6.07, 6.45) is 5.63. The van der Waals surface area contributed by atoms with Crippen molar-refractivity contribution in [2.75, 3.05) is 13.7 Å². The predicted molar refractivity (Wildman–Crippen MR) is 101 cm³/mol. The van der Waals surface area contributed by atoms with Gasteiger partial charge in [0.15, 0.2) is 6.10 Å². The van der Waals surface area contributed by atoms with Crippen LogP contribution in [0.4, 0.5) is 0 Å². The van der Waals surface area contributed by atoms with Crippen LogP contribution in [0.3, 0.4) is 0 Å². The Morgan fingerprint density at radius 2 is 1.78 bits per heavy atom. The molecule has 1 saturated carbocycles. The molecule has 1 aliphatic carbocycles. The molecule has 7 nitrogen and oxygen atoms in total. The molecule has 1 aliphatic rings. The lowest BCUT2D eigenvalue weighted by molar-refractivity contribution is -0.154. The van der Waals surface area contributed by atoms with E-state index in [-0.39, 0.29) is 18.5 Å². The van der Waals surface area contributed by atoms with Crippen LogP contribution in [0.2, 0.25) is 0 Å². The standard InChI is InChI=1S/C20H28N2O5/c1-14(19(24)22-15-9-5-3-4-6-10-15)27-18(23)13-21-20(25)16-11-7-8-12-17(16)26-2/h7-8,11-12,14-15H,3-6,9-10,13H2,1-2H3,(H,21,25)(H,22,24)/t14-/m1/s1. The van der Waals surface area contributed by atoms with Crippen molar-refractivity contribution in [2.24, 2.45) is 0 Å². The summed E-state index contributed by atoms with van der Waals surface area (Å²) in [4.78, 5) is 36.3. The minimum absolute atomic E-state index is 0.145. The van der Waals surface area contributed by atoms with E-state index in [0.29, 0.717) is 11.3 Å². The van der Waals surface area contributed by atoms with Crippen molar-refractivity contribution in [1.82, 2.24) is 10.6 Å². The number of hydrogen-bond donors (Lipinski definition) is 2. The van der Waals surface area contributed by atoms with E-state index in [1.165, 1.54) is 26.9 Å². The molecular weight excluding hydrogens is 348 g/mol. The van der Waals surface area contributed by atoms with Crippen molar-refractivity contribution < 1.29 is 23.9 Å². The first kappa shape index (κ1) is 20.7. The number of methoxy groups -OCH3 is 1. The number of rotatable bonds is 7. The van der Waals surface area contributed by atoms with Gasteiger partial charge in [0.05, 0.1) is 12.7 Å². The summed E-state index contributed by atoms with van der Waals surface area (Å²) >= 11 is 0. The summed E-state index contributed by atoms with van der Waals surface area (Å²) in [6.45, 7) is 1.21. The monoisotopic (exact) mass is 376 g/mol. The molecule has 0 bridgehead atoms. The number of carbonyl (C=O) groups is 3. The Morgan fingerprint density at radius 3 is 2.44 bits per heavy atom. The molecule has 0 heterocycles. The fourth-order valence-electron chi connectivity index (χ4n) is 3.11. The van der Waals surface area contributed by atoms with Crippen molar-refractivity contribution in [3.8, 4) is 5.75 Å². The second-order valence-corrected chi connectivity index (χ2v) is 6.71. The first-order valence-corrected chi connectivity index (χ1v) is 9.42. The zero-order valence-corrected chi connectivity index (χ0v) is 16.0. The van der Waals surface area contributed by atoms with Crippen LogP contribution in [0.1, 0.15) is 55.8 Å².